The smallest absolute Gasteiger partial charge is 0.319 e. The molecule has 0 unspecified atom stereocenters. The quantitative estimate of drug-likeness (QED) is 0.807. The molecule has 0 radical (unpaired) electrons. The normalized spacial score (nSPS) is 24.1. The van der Waals surface area contributed by atoms with Crippen molar-refractivity contribution in [1.29, 1.82) is 0 Å². The van der Waals surface area contributed by atoms with Crippen LogP contribution in [0.25, 0.3) is 0 Å². The van der Waals surface area contributed by atoms with E-state index in [9.17, 15) is 9.90 Å². The van der Waals surface area contributed by atoms with Gasteiger partial charge in [0.2, 0.25) is 5.88 Å². The van der Waals surface area contributed by atoms with Gasteiger partial charge in [-0.15, -0.1) is 0 Å². The zero-order valence-corrected chi connectivity index (χ0v) is 15.4. The number of rotatable bonds is 6. The number of aliphatic hydroxyl groups is 1. The van der Waals surface area contributed by atoms with Gasteiger partial charge in [0.1, 0.15) is 11.7 Å². The summed E-state index contributed by atoms with van der Waals surface area (Å²) in [6.07, 6.45) is 9.86. The summed E-state index contributed by atoms with van der Waals surface area (Å²) in [5, 5.41) is 12.9. The van der Waals surface area contributed by atoms with E-state index in [4.69, 9.17) is 9.47 Å². The Morgan fingerprint density at radius 2 is 2.00 bits per heavy atom. The molecular formula is C19H29N3O4. The first kappa shape index (κ1) is 18.9. The third kappa shape index (κ3) is 5.06. The van der Waals surface area contributed by atoms with Gasteiger partial charge in [0.15, 0.2) is 0 Å². The second-order valence-electron chi connectivity index (χ2n) is 7.16. The van der Waals surface area contributed by atoms with Crippen LogP contribution < -0.4 is 14.8 Å². The lowest BCUT2D eigenvalue weighted by atomic mass is 9.95. The largest absolute Gasteiger partial charge is 0.477 e. The third-order valence-electron chi connectivity index (χ3n) is 5.11. The Bertz CT molecular complexity index is 606. The molecule has 2 saturated carbocycles. The molecule has 2 atom stereocenters. The molecule has 2 N–H and O–H groups in total. The van der Waals surface area contributed by atoms with E-state index in [0.717, 1.165) is 44.9 Å². The monoisotopic (exact) mass is 363 g/mol. The molecule has 2 aliphatic carbocycles. The van der Waals surface area contributed by atoms with Crippen molar-refractivity contribution < 1.29 is 19.4 Å². The molecule has 7 heteroatoms. The van der Waals surface area contributed by atoms with Crippen LogP contribution in [-0.2, 0) is 0 Å². The predicted octanol–water partition coefficient (Wildman–Crippen LogP) is 2.62. The van der Waals surface area contributed by atoms with Crippen molar-refractivity contribution in [2.45, 2.75) is 83.0 Å². The number of carbonyl (C=O) groups is 1. The Morgan fingerprint density at radius 3 is 2.73 bits per heavy atom. The van der Waals surface area contributed by atoms with Gasteiger partial charge in [-0.2, -0.15) is 4.98 Å². The number of ether oxygens (including phenoxy) is 2. The number of hydrogen-bond donors (Lipinski definition) is 2. The van der Waals surface area contributed by atoms with Crippen molar-refractivity contribution in [2.24, 2.45) is 0 Å². The van der Waals surface area contributed by atoms with E-state index in [2.05, 4.69) is 15.3 Å². The van der Waals surface area contributed by atoms with Gasteiger partial charge in [0, 0.05) is 6.04 Å². The average Bonchev–Trinajstić information content (AvgIpc) is 2.58. The van der Waals surface area contributed by atoms with Gasteiger partial charge in [-0.05, 0) is 51.9 Å². The Hall–Kier alpha value is -1.89. The van der Waals surface area contributed by atoms with Crippen molar-refractivity contribution in [3.05, 3.63) is 11.8 Å². The van der Waals surface area contributed by atoms with Gasteiger partial charge < -0.3 is 19.9 Å². The molecule has 0 aliphatic heterocycles. The zero-order chi connectivity index (χ0) is 18.4. The molecule has 2 aliphatic rings. The zero-order valence-electron chi connectivity index (χ0n) is 15.4. The summed E-state index contributed by atoms with van der Waals surface area (Å²) >= 11 is 0. The van der Waals surface area contributed by atoms with E-state index in [1.807, 2.05) is 6.92 Å². The van der Waals surface area contributed by atoms with Crippen LogP contribution in [-0.4, -0.2) is 45.8 Å². The Balaban J connectivity index is 1.66. The van der Waals surface area contributed by atoms with Crippen LogP contribution in [0, 0.1) is 0 Å². The maximum atomic E-state index is 12.7. The van der Waals surface area contributed by atoms with Crippen molar-refractivity contribution in [1.82, 2.24) is 15.3 Å². The molecule has 7 nitrogen and oxygen atoms in total. The highest BCUT2D eigenvalue weighted by molar-refractivity contribution is 5.96. The van der Waals surface area contributed by atoms with E-state index >= 15 is 0 Å². The van der Waals surface area contributed by atoms with Crippen LogP contribution in [0.2, 0.25) is 0 Å². The third-order valence-corrected chi connectivity index (χ3v) is 5.11. The van der Waals surface area contributed by atoms with E-state index < -0.39 is 0 Å². The molecule has 2 fully saturated rings. The number of nitrogens with one attached hydrogen (secondary N) is 1. The van der Waals surface area contributed by atoms with E-state index in [1.54, 1.807) is 0 Å². The highest BCUT2D eigenvalue weighted by Gasteiger charge is 2.24. The maximum Gasteiger partial charge on any atom is 0.319 e. The second-order valence-corrected chi connectivity index (χ2v) is 7.16. The number of aliphatic hydroxyl groups excluding tert-OH is 1. The van der Waals surface area contributed by atoms with Crippen LogP contribution in [0.3, 0.4) is 0 Å². The lowest BCUT2D eigenvalue weighted by Gasteiger charge is -2.25. The van der Waals surface area contributed by atoms with Crippen LogP contribution in [0.4, 0.5) is 0 Å². The first-order valence-corrected chi connectivity index (χ1v) is 9.81. The molecule has 1 heterocycles. The number of carbonyl (C=O) groups excluding carboxylic acids is 1. The van der Waals surface area contributed by atoms with Gasteiger partial charge in [-0.25, -0.2) is 4.98 Å². The summed E-state index contributed by atoms with van der Waals surface area (Å²) in [4.78, 5) is 21.2. The minimum atomic E-state index is -0.264. The van der Waals surface area contributed by atoms with Gasteiger partial charge in [0.25, 0.3) is 5.91 Å². The summed E-state index contributed by atoms with van der Waals surface area (Å²) in [5.41, 5.74) is 0.329. The molecule has 1 amide bonds. The molecule has 144 valence electrons. The summed E-state index contributed by atoms with van der Waals surface area (Å²) in [5.74, 6) is 0.0314. The van der Waals surface area contributed by atoms with Crippen LogP contribution in [0.5, 0.6) is 11.9 Å². The lowest BCUT2D eigenvalue weighted by Crippen LogP contribution is -2.36. The second kappa shape index (κ2) is 9.16. The molecular weight excluding hydrogens is 334 g/mol. The number of amides is 1. The van der Waals surface area contributed by atoms with Gasteiger partial charge in [-0.1, -0.05) is 12.8 Å². The first-order valence-electron chi connectivity index (χ1n) is 9.81. The fourth-order valence-corrected chi connectivity index (χ4v) is 3.31. The Kier molecular flexibility index (Phi) is 6.66. The molecule has 3 rings (SSSR count). The minimum Gasteiger partial charge on any atom is -0.477 e. The van der Waals surface area contributed by atoms with Crippen molar-refractivity contribution in [3.8, 4) is 11.9 Å². The molecule has 1 aromatic heterocycles. The van der Waals surface area contributed by atoms with Crippen molar-refractivity contribution in [3.63, 3.8) is 0 Å². The summed E-state index contributed by atoms with van der Waals surface area (Å²) in [6.45, 7) is 2.27. The van der Waals surface area contributed by atoms with Gasteiger partial charge >= 0.3 is 6.01 Å². The van der Waals surface area contributed by atoms with Gasteiger partial charge in [0.05, 0.1) is 18.9 Å². The highest BCUT2D eigenvalue weighted by atomic mass is 16.5. The molecule has 1 aromatic rings. The van der Waals surface area contributed by atoms with E-state index in [0.29, 0.717) is 18.6 Å². The summed E-state index contributed by atoms with van der Waals surface area (Å²) in [7, 11) is 0. The first-order chi connectivity index (χ1) is 12.7. The SMILES string of the molecule is CCOc1nc(OC2CCC2)ncc1C(=O)N[C@@H]1CCCC[C@H](O)CC1. The number of hydrogen-bond acceptors (Lipinski definition) is 6. The Labute approximate surface area is 154 Å². The van der Waals surface area contributed by atoms with Crippen molar-refractivity contribution >= 4 is 5.91 Å². The van der Waals surface area contributed by atoms with Crippen LogP contribution in [0.1, 0.15) is 75.1 Å². The summed E-state index contributed by atoms with van der Waals surface area (Å²) in [6, 6.07) is 0.321. The predicted molar refractivity (Wildman–Crippen MR) is 96.4 cm³/mol. The molecule has 0 spiro atoms. The van der Waals surface area contributed by atoms with Crippen molar-refractivity contribution in [2.75, 3.05) is 6.61 Å². The highest BCUT2D eigenvalue weighted by Crippen LogP contribution is 2.25. The number of nitrogens with zero attached hydrogens (tertiary/aromatic N) is 2. The van der Waals surface area contributed by atoms with E-state index in [1.165, 1.54) is 12.6 Å². The average molecular weight is 363 g/mol. The number of aromatic nitrogens is 2. The Morgan fingerprint density at radius 1 is 1.19 bits per heavy atom. The molecule has 0 aromatic carbocycles. The lowest BCUT2D eigenvalue weighted by molar-refractivity contribution is 0.0901. The molecule has 0 saturated heterocycles. The minimum absolute atomic E-state index is 0.0535. The fourth-order valence-electron chi connectivity index (χ4n) is 3.31. The summed E-state index contributed by atoms with van der Waals surface area (Å²) < 4.78 is 11.3. The molecule has 26 heavy (non-hydrogen) atoms. The van der Waals surface area contributed by atoms with Gasteiger partial charge in [-0.3, -0.25) is 4.79 Å². The topological polar surface area (TPSA) is 93.6 Å². The molecule has 0 bridgehead atoms. The van der Waals surface area contributed by atoms with Crippen LogP contribution >= 0.6 is 0 Å². The van der Waals surface area contributed by atoms with Crippen LogP contribution in [0.15, 0.2) is 6.20 Å². The fraction of sp³-hybridized carbons (Fsp3) is 0.737. The van der Waals surface area contributed by atoms with E-state index in [-0.39, 0.29) is 36.0 Å². The maximum absolute atomic E-state index is 12.7. The standard InChI is InChI=1S/C19H29N3O4/c1-2-25-18-16(12-20-19(22-18)26-15-8-5-9-15)17(24)21-13-6-3-4-7-14(23)11-10-13/h12-15,23H,2-11H2,1H3,(H,21,24)/t13-,14+/m1/s1.